The number of hydrogen-bond donors (Lipinski definition) is 0. The summed E-state index contributed by atoms with van der Waals surface area (Å²) in [5, 5.41) is 5.23. The van der Waals surface area contributed by atoms with Gasteiger partial charge in [-0.2, -0.15) is 5.10 Å². The Morgan fingerprint density at radius 1 is 1.32 bits per heavy atom. The summed E-state index contributed by atoms with van der Waals surface area (Å²) in [6, 6.07) is 10.1. The van der Waals surface area contributed by atoms with Crippen LogP contribution in [-0.4, -0.2) is 15.7 Å². The zero-order chi connectivity index (χ0) is 13.8. The van der Waals surface area contributed by atoms with E-state index in [9.17, 15) is 0 Å². The van der Waals surface area contributed by atoms with Gasteiger partial charge in [0, 0.05) is 29.1 Å². The molecule has 0 aliphatic carbocycles. The zero-order valence-electron chi connectivity index (χ0n) is 11.2. The predicted octanol–water partition coefficient (Wildman–Crippen LogP) is 4.43. The van der Waals surface area contributed by atoms with Crippen molar-refractivity contribution >= 4 is 23.2 Å². The van der Waals surface area contributed by atoms with Gasteiger partial charge >= 0.3 is 0 Å². The van der Waals surface area contributed by atoms with Gasteiger partial charge in [0.1, 0.15) is 0 Å². The maximum Gasteiger partial charge on any atom is 0.0596 e. The second-order valence-corrected chi connectivity index (χ2v) is 5.45. The number of benzene rings is 1. The Kier molecular flexibility index (Phi) is 4.89. The molecule has 2 rings (SSSR count). The normalized spacial score (nSPS) is 12.6. The summed E-state index contributed by atoms with van der Waals surface area (Å²) >= 11 is 12.2. The molecule has 0 N–H and O–H groups in total. The molecular weight excluding hydrogens is 279 g/mol. The zero-order valence-corrected chi connectivity index (χ0v) is 12.7. The van der Waals surface area contributed by atoms with Gasteiger partial charge in [-0.1, -0.05) is 23.7 Å². The van der Waals surface area contributed by atoms with Crippen LogP contribution in [-0.2, 0) is 13.0 Å². The Morgan fingerprint density at radius 2 is 2.11 bits per heavy atom. The first-order chi connectivity index (χ1) is 9.13. The molecule has 2 aromatic rings. The molecule has 0 bridgehead atoms. The molecule has 1 aromatic carbocycles. The lowest BCUT2D eigenvalue weighted by atomic mass is 9.96. The lowest BCUT2D eigenvalue weighted by Crippen LogP contribution is -2.10. The van der Waals surface area contributed by atoms with Gasteiger partial charge < -0.3 is 0 Å². The Bertz CT molecular complexity index is 549. The van der Waals surface area contributed by atoms with E-state index in [1.165, 1.54) is 11.3 Å². The number of halogens is 2. The largest absolute Gasteiger partial charge is 0.270 e. The summed E-state index contributed by atoms with van der Waals surface area (Å²) in [6.45, 7) is 5.00. The molecule has 1 atom stereocenters. The van der Waals surface area contributed by atoms with Crippen molar-refractivity contribution in [2.45, 2.75) is 32.7 Å². The molecule has 0 saturated carbocycles. The molecule has 1 unspecified atom stereocenters. The molecule has 1 heterocycles. The first-order valence-corrected chi connectivity index (χ1v) is 7.40. The van der Waals surface area contributed by atoms with Gasteiger partial charge in [0.05, 0.1) is 5.69 Å². The van der Waals surface area contributed by atoms with E-state index < -0.39 is 0 Å². The quantitative estimate of drug-likeness (QED) is 0.746. The van der Waals surface area contributed by atoms with Crippen molar-refractivity contribution in [3.05, 3.63) is 52.3 Å². The van der Waals surface area contributed by atoms with Crippen LogP contribution in [0, 0.1) is 6.92 Å². The molecule has 0 radical (unpaired) electrons. The summed E-state index contributed by atoms with van der Waals surface area (Å²) in [5.74, 6) is 0.843. The van der Waals surface area contributed by atoms with Crippen LogP contribution in [0.2, 0.25) is 5.02 Å². The van der Waals surface area contributed by atoms with E-state index in [2.05, 4.69) is 24.2 Å². The average molecular weight is 297 g/mol. The molecule has 0 aliphatic heterocycles. The Morgan fingerprint density at radius 3 is 2.74 bits per heavy atom. The van der Waals surface area contributed by atoms with E-state index in [4.69, 9.17) is 23.2 Å². The number of rotatable bonds is 5. The van der Waals surface area contributed by atoms with E-state index in [0.717, 1.165) is 23.7 Å². The Balaban J connectivity index is 2.23. The molecule has 1 aromatic heterocycles. The average Bonchev–Trinajstić information content (AvgIpc) is 2.76. The summed E-state index contributed by atoms with van der Waals surface area (Å²) in [7, 11) is 0. The molecule has 0 spiro atoms. The fourth-order valence-electron chi connectivity index (χ4n) is 2.31. The van der Waals surface area contributed by atoms with Crippen molar-refractivity contribution in [2.75, 3.05) is 5.88 Å². The summed E-state index contributed by atoms with van der Waals surface area (Å²) < 4.78 is 2.04. The Hall–Kier alpha value is -0.990. The molecular formula is C15H18Cl2N2. The van der Waals surface area contributed by atoms with Crippen molar-refractivity contribution in [2.24, 2.45) is 0 Å². The van der Waals surface area contributed by atoms with Crippen molar-refractivity contribution in [1.82, 2.24) is 9.78 Å². The predicted molar refractivity (Wildman–Crippen MR) is 81.3 cm³/mol. The van der Waals surface area contributed by atoms with Crippen molar-refractivity contribution < 1.29 is 0 Å². The van der Waals surface area contributed by atoms with Crippen LogP contribution >= 0.6 is 23.2 Å². The number of alkyl halides is 1. The summed E-state index contributed by atoms with van der Waals surface area (Å²) in [4.78, 5) is 0. The van der Waals surface area contributed by atoms with Gasteiger partial charge in [0.15, 0.2) is 0 Å². The van der Waals surface area contributed by atoms with E-state index in [1.54, 1.807) is 0 Å². The molecule has 4 heteroatoms. The van der Waals surface area contributed by atoms with Crippen LogP contribution in [0.15, 0.2) is 30.3 Å². The highest BCUT2D eigenvalue weighted by Crippen LogP contribution is 2.25. The standard InChI is InChI=1S/C15H18Cl2N2/c1-3-19-15(7-11(2)18-19)9-13(10-16)12-5-4-6-14(17)8-12/h4-8,13H,3,9-10H2,1-2H3. The van der Waals surface area contributed by atoms with Crippen LogP contribution in [0.4, 0.5) is 0 Å². The van der Waals surface area contributed by atoms with E-state index in [0.29, 0.717) is 5.88 Å². The summed E-state index contributed by atoms with van der Waals surface area (Å²) in [5.41, 5.74) is 3.46. The number of nitrogens with zero attached hydrogens (tertiary/aromatic N) is 2. The number of aromatic nitrogens is 2. The Labute approximate surface area is 124 Å². The fourth-order valence-corrected chi connectivity index (χ4v) is 2.80. The van der Waals surface area contributed by atoms with Gasteiger partial charge in [0.2, 0.25) is 0 Å². The molecule has 0 saturated heterocycles. The second kappa shape index (κ2) is 6.44. The van der Waals surface area contributed by atoms with Crippen LogP contribution in [0.1, 0.15) is 29.8 Å². The lowest BCUT2D eigenvalue weighted by Gasteiger charge is -2.15. The van der Waals surface area contributed by atoms with Crippen molar-refractivity contribution in [3.63, 3.8) is 0 Å². The van der Waals surface area contributed by atoms with Crippen LogP contribution in [0.3, 0.4) is 0 Å². The molecule has 0 aliphatic rings. The first-order valence-electron chi connectivity index (χ1n) is 6.48. The molecule has 102 valence electrons. The van der Waals surface area contributed by atoms with E-state index in [-0.39, 0.29) is 5.92 Å². The molecule has 0 amide bonds. The third kappa shape index (κ3) is 3.52. The lowest BCUT2D eigenvalue weighted by molar-refractivity contribution is 0.595. The first kappa shape index (κ1) is 14.4. The number of aryl methyl sites for hydroxylation is 2. The summed E-state index contributed by atoms with van der Waals surface area (Å²) in [6.07, 6.45) is 0.887. The third-order valence-electron chi connectivity index (χ3n) is 3.25. The van der Waals surface area contributed by atoms with Crippen molar-refractivity contribution in [1.29, 1.82) is 0 Å². The monoisotopic (exact) mass is 296 g/mol. The number of hydrogen-bond acceptors (Lipinski definition) is 1. The van der Waals surface area contributed by atoms with Gasteiger partial charge in [-0.25, -0.2) is 0 Å². The van der Waals surface area contributed by atoms with Crippen LogP contribution < -0.4 is 0 Å². The van der Waals surface area contributed by atoms with E-state index >= 15 is 0 Å². The highest BCUT2D eigenvalue weighted by Gasteiger charge is 2.15. The van der Waals surface area contributed by atoms with Crippen molar-refractivity contribution in [3.8, 4) is 0 Å². The minimum atomic E-state index is 0.266. The van der Waals surface area contributed by atoms with Gasteiger partial charge in [-0.3, -0.25) is 4.68 Å². The minimum absolute atomic E-state index is 0.266. The highest BCUT2D eigenvalue weighted by molar-refractivity contribution is 6.30. The smallest absolute Gasteiger partial charge is 0.0596 e. The second-order valence-electron chi connectivity index (χ2n) is 4.70. The third-order valence-corrected chi connectivity index (χ3v) is 3.85. The minimum Gasteiger partial charge on any atom is -0.270 e. The SMILES string of the molecule is CCn1nc(C)cc1CC(CCl)c1cccc(Cl)c1. The highest BCUT2D eigenvalue weighted by atomic mass is 35.5. The maximum atomic E-state index is 6.13. The maximum absolute atomic E-state index is 6.13. The molecule has 2 nitrogen and oxygen atoms in total. The topological polar surface area (TPSA) is 17.8 Å². The molecule has 0 fully saturated rings. The van der Waals surface area contributed by atoms with Gasteiger partial charge in [-0.15, -0.1) is 11.6 Å². The van der Waals surface area contributed by atoms with E-state index in [1.807, 2.05) is 29.8 Å². The van der Waals surface area contributed by atoms with Crippen LogP contribution in [0.25, 0.3) is 0 Å². The fraction of sp³-hybridized carbons (Fsp3) is 0.400. The van der Waals surface area contributed by atoms with Crippen LogP contribution in [0.5, 0.6) is 0 Å². The van der Waals surface area contributed by atoms with Gasteiger partial charge in [0.25, 0.3) is 0 Å². The molecule has 19 heavy (non-hydrogen) atoms. The van der Waals surface area contributed by atoms with Gasteiger partial charge in [-0.05, 0) is 44.0 Å².